The third kappa shape index (κ3) is 0.706. The lowest BCUT2D eigenvalue weighted by Gasteiger charge is -2.29. The quantitative estimate of drug-likeness (QED) is 0.463. The Kier molecular flexibility index (Phi) is 1.09. The molecule has 3 rings (SSSR count). The number of rotatable bonds is 0. The second-order valence-electron chi connectivity index (χ2n) is 4.78. The summed E-state index contributed by atoms with van der Waals surface area (Å²) in [5.74, 6) is 2.09. The van der Waals surface area contributed by atoms with Gasteiger partial charge in [0.2, 0.25) is 0 Å². The minimum atomic E-state index is 0.819. The maximum atomic E-state index is 2.48. The van der Waals surface area contributed by atoms with Crippen LogP contribution in [0.4, 0.5) is 0 Å². The molecule has 3 aliphatic rings. The van der Waals surface area contributed by atoms with Crippen molar-refractivity contribution in [1.82, 2.24) is 0 Å². The summed E-state index contributed by atoms with van der Waals surface area (Å²) in [5.41, 5.74) is 0.819. The standard InChI is InChI=1S/C11H16/c1-3-9-7-10-4-2-6-11(10,5-1)8-9/h1,3,9-10H,2,4-8H2. The third-order valence-electron chi connectivity index (χ3n) is 4.28. The van der Waals surface area contributed by atoms with E-state index in [0.717, 1.165) is 17.3 Å². The monoisotopic (exact) mass is 148 g/mol. The second kappa shape index (κ2) is 1.91. The molecule has 2 saturated carbocycles. The van der Waals surface area contributed by atoms with Gasteiger partial charge in [-0.05, 0) is 49.4 Å². The first-order valence-corrected chi connectivity index (χ1v) is 5.06. The van der Waals surface area contributed by atoms with E-state index in [1.165, 1.54) is 32.1 Å². The van der Waals surface area contributed by atoms with Crippen LogP contribution < -0.4 is 0 Å². The largest absolute Gasteiger partial charge is 0.0877 e. The van der Waals surface area contributed by atoms with Gasteiger partial charge < -0.3 is 0 Å². The van der Waals surface area contributed by atoms with E-state index in [1.807, 2.05) is 0 Å². The molecule has 0 aliphatic heterocycles. The Morgan fingerprint density at radius 3 is 3.36 bits per heavy atom. The van der Waals surface area contributed by atoms with E-state index < -0.39 is 0 Å². The van der Waals surface area contributed by atoms with E-state index >= 15 is 0 Å². The zero-order chi connectivity index (χ0) is 7.31. The molecule has 0 aromatic rings. The molecule has 0 N–H and O–H groups in total. The Hall–Kier alpha value is -0.260. The molecule has 11 heavy (non-hydrogen) atoms. The summed E-state index contributed by atoms with van der Waals surface area (Å²) in [6.45, 7) is 0. The van der Waals surface area contributed by atoms with Crippen LogP contribution in [0.1, 0.15) is 38.5 Å². The van der Waals surface area contributed by atoms with Crippen molar-refractivity contribution in [2.24, 2.45) is 17.3 Å². The summed E-state index contributed by atoms with van der Waals surface area (Å²) < 4.78 is 0. The first-order valence-electron chi connectivity index (χ1n) is 5.06. The van der Waals surface area contributed by atoms with Gasteiger partial charge >= 0.3 is 0 Å². The molecule has 3 atom stereocenters. The van der Waals surface area contributed by atoms with Crippen molar-refractivity contribution < 1.29 is 0 Å². The van der Waals surface area contributed by atoms with Crippen LogP contribution in [0.15, 0.2) is 12.2 Å². The SMILES string of the molecule is C1=CC2CC3CCCC3(C1)C2. The van der Waals surface area contributed by atoms with Crippen molar-refractivity contribution in [2.45, 2.75) is 38.5 Å². The van der Waals surface area contributed by atoms with E-state index in [1.54, 1.807) is 6.42 Å². The van der Waals surface area contributed by atoms with Crippen LogP contribution >= 0.6 is 0 Å². The predicted molar refractivity (Wildman–Crippen MR) is 46.3 cm³/mol. The lowest BCUT2D eigenvalue weighted by molar-refractivity contribution is 0.239. The van der Waals surface area contributed by atoms with Crippen molar-refractivity contribution in [3.05, 3.63) is 12.2 Å². The summed E-state index contributed by atoms with van der Waals surface area (Å²) in [6, 6.07) is 0. The molecule has 1 spiro atoms. The first kappa shape index (κ1) is 6.28. The predicted octanol–water partition coefficient (Wildman–Crippen LogP) is 3.14. The smallest absolute Gasteiger partial charge is 0.0225 e. The second-order valence-corrected chi connectivity index (χ2v) is 4.78. The number of fused-ring (bicyclic) bond motifs is 1. The van der Waals surface area contributed by atoms with E-state index in [4.69, 9.17) is 0 Å². The van der Waals surface area contributed by atoms with Crippen LogP contribution in [0.2, 0.25) is 0 Å². The van der Waals surface area contributed by atoms with Crippen LogP contribution in [0, 0.1) is 17.3 Å². The highest BCUT2D eigenvalue weighted by molar-refractivity contribution is 5.12. The van der Waals surface area contributed by atoms with Crippen molar-refractivity contribution in [3.63, 3.8) is 0 Å². The van der Waals surface area contributed by atoms with Gasteiger partial charge in [0.05, 0.1) is 0 Å². The maximum absolute atomic E-state index is 2.48. The fourth-order valence-electron chi connectivity index (χ4n) is 3.81. The van der Waals surface area contributed by atoms with Gasteiger partial charge in [0.15, 0.2) is 0 Å². The molecule has 2 bridgehead atoms. The summed E-state index contributed by atoms with van der Waals surface area (Å²) in [4.78, 5) is 0. The highest BCUT2D eigenvalue weighted by Gasteiger charge is 2.49. The average Bonchev–Trinajstić information content (AvgIpc) is 2.43. The van der Waals surface area contributed by atoms with Gasteiger partial charge in [-0.25, -0.2) is 0 Å². The van der Waals surface area contributed by atoms with Crippen LogP contribution in [0.5, 0.6) is 0 Å². The van der Waals surface area contributed by atoms with Crippen molar-refractivity contribution in [3.8, 4) is 0 Å². The summed E-state index contributed by atoms with van der Waals surface area (Å²) >= 11 is 0. The number of hydrogen-bond donors (Lipinski definition) is 0. The Morgan fingerprint density at radius 1 is 1.36 bits per heavy atom. The fraction of sp³-hybridized carbons (Fsp3) is 0.818. The van der Waals surface area contributed by atoms with Gasteiger partial charge in [0.1, 0.15) is 0 Å². The Bertz CT molecular complexity index is 204. The minimum Gasteiger partial charge on any atom is -0.0877 e. The Balaban J connectivity index is 2.00. The van der Waals surface area contributed by atoms with Crippen LogP contribution in [0.3, 0.4) is 0 Å². The summed E-state index contributed by atoms with van der Waals surface area (Å²) in [6.07, 6.45) is 14.0. The number of allylic oxidation sites excluding steroid dienone is 2. The van der Waals surface area contributed by atoms with E-state index in [-0.39, 0.29) is 0 Å². The maximum Gasteiger partial charge on any atom is -0.0225 e. The molecule has 0 nitrogen and oxygen atoms in total. The molecule has 0 aromatic carbocycles. The third-order valence-corrected chi connectivity index (χ3v) is 4.28. The molecule has 0 heterocycles. The average molecular weight is 148 g/mol. The lowest BCUT2D eigenvalue weighted by atomic mass is 9.75. The molecule has 2 fully saturated rings. The van der Waals surface area contributed by atoms with Gasteiger partial charge in [-0.2, -0.15) is 0 Å². The fourth-order valence-corrected chi connectivity index (χ4v) is 3.81. The zero-order valence-electron chi connectivity index (χ0n) is 7.05. The molecule has 0 radical (unpaired) electrons. The minimum absolute atomic E-state index is 0.819. The van der Waals surface area contributed by atoms with Gasteiger partial charge in [-0.1, -0.05) is 18.6 Å². The molecular weight excluding hydrogens is 132 g/mol. The molecule has 0 aromatic heterocycles. The highest BCUT2D eigenvalue weighted by atomic mass is 14.5. The normalized spacial score (nSPS) is 53.1. The zero-order valence-corrected chi connectivity index (χ0v) is 7.05. The molecule has 60 valence electrons. The molecule has 0 amide bonds. The molecule has 0 saturated heterocycles. The van der Waals surface area contributed by atoms with E-state index in [0.29, 0.717) is 0 Å². The van der Waals surface area contributed by atoms with Gasteiger partial charge in [-0.15, -0.1) is 0 Å². The van der Waals surface area contributed by atoms with Crippen LogP contribution in [-0.2, 0) is 0 Å². The van der Waals surface area contributed by atoms with Gasteiger partial charge in [0.25, 0.3) is 0 Å². The van der Waals surface area contributed by atoms with Crippen LogP contribution in [0.25, 0.3) is 0 Å². The van der Waals surface area contributed by atoms with E-state index in [2.05, 4.69) is 12.2 Å². The molecule has 3 unspecified atom stereocenters. The molecule has 3 aliphatic carbocycles. The molecule has 0 heteroatoms. The topological polar surface area (TPSA) is 0 Å². The Labute approximate surface area is 68.7 Å². The number of hydrogen-bond acceptors (Lipinski definition) is 0. The van der Waals surface area contributed by atoms with Gasteiger partial charge in [-0.3, -0.25) is 0 Å². The van der Waals surface area contributed by atoms with Gasteiger partial charge in [0, 0.05) is 0 Å². The summed E-state index contributed by atoms with van der Waals surface area (Å²) in [7, 11) is 0. The lowest BCUT2D eigenvalue weighted by Crippen LogP contribution is -2.19. The highest BCUT2D eigenvalue weighted by Crippen LogP contribution is 2.60. The van der Waals surface area contributed by atoms with Crippen molar-refractivity contribution in [1.29, 1.82) is 0 Å². The van der Waals surface area contributed by atoms with Crippen molar-refractivity contribution >= 4 is 0 Å². The summed E-state index contributed by atoms with van der Waals surface area (Å²) in [5, 5.41) is 0. The molecular formula is C11H16. The van der Waals surface area contributed by atoms with Crippen LogP contribution in [-0.4, -0.2) is 0 Å². The van der Waals surface area contributed by atoms with E-state index in [9.17, 15) is 0 Å². The first-order chi connectivity index (χ1) is 5.39. The van der Waals surface area contributed by atoms with Crippen molar-refractivity contribution in [2.75, 3.05) is 0 Å². The Morgan fingerprint density at radius 2 is 2.36 bits per heavy atom.